The number of nitrogens with one attached hydrogen (secondary N) is 1. The van der Waals surface area contributed by atoms with E-state index in [1.807, 2.05) is 0 Å². The second kappa shape index (κ2) is 6.76. The van der Waals surface area contributed by atoms with Crippen LogP contribution in [0.5, 0.6) is 0 Å². The van der Waals surface area contributed by atoms with E-state index in [1.165, 1.54) is 0 Å². The van der Waals surface area contributed by atoms with Crippen molar-refractivity contribution in [3.8, 4) is 0 Å². The zero-order valence-corrected chi connectivity index (χ0v) is 11.8. The van der Waals surface area contributed by atoms with Crippen LogP contribution in [0.3, 0.4) is 0 Å². The van der Waals surface area contributed by atoms with E-state index >= 15 is 0 Å². The molecule has 22 heavy (non-hydrogen) atoms. The van der Waals surface area contributed by atoms with Crippen molar-refractivity contribution < 1.29 is 22.8 Å². The van der Waals surface area contributed by atoms with Crippen LogP contribution < -0.4 is 5.32 Å². The van der Waals surface area contributed by atoms with Crippen LogP contribution in [0.15, 0.2) is 24.5 Å². The van der Waals surface area contributed by atoms with Crippen molar-refractivity contribution >= 4 is 11.8 Å². The molecule has 1 unspecified atom stereocenters. The molecule has 1 fully saturated rings. The molecule has 0 saturated carbocycles. The lowest BCUT2D eigenvalue weighted by Crippen LogP contribution is -2.49. The molecule has 2 rings (SSSR count). The molecular weight excluding hydrogens is 299 g/mol. The fourth-order valence-electron chi connectivity index (χ4n) is 2.39. The molecule has 1 aromatic heterocycles. The maximum Gasteiger partial charge on any atom is 0.471 e. The van der Waals surface area contributed by atoms with Gasteiger partial charge in [-0.3, -0.25) is 14.6 Å². The van der Waals surface area contributed by atoms with E-state index in [0.717, 1.165) is 5.56 Å². The Morgan fingerprint density at radius 2 is 2.18 bits per heavy atom. The second-order valence-electron chi connectivity index (χ2n) is 5.17. The Balaban J connectivity index is 1.89. The topological polar surface area (TPSA) is 62.3 Å². The number of amides is 2. The van der Waals surface area contributed by atoms with Crippen LogP contribution in [0.2, 0.25) is 0 Å². The number of nitrogens with zero attached hydrogens (tertiary/aromatic N) is 2. The van der Waals surface area contributed by atoms with Crippen LogP contribution in [-0.4, -0.2) is 41.0 Å². The number of likely N-dealkylation sites (tertiary alicyclic amines) is 1. The zero-order valence-electron chi connectivity index (χ0n) is 11.8. The fourth-order valence-corrected chi connectivity index (χ4v) is 2.39. The minimum absolute atomic E-state index is 0.0325. The average molecular weight is 315 g/mol. The third kappa shape index (κ3) is 4.19. The molecule has 1 aliphatic rings. The van der Waals surface area contributed by atoms with Crippen LogP contribution in [0.4, 0.5) is 13.2 Å². The van der Waals surface area contributed by atoms with E-state index < -0.39 is 18.0 Å². The maximum atomic E-state index is 12.4. The van der Waals surface area contributed by atoms with E-state index in [9.17, 15) is 22.8 Å². The lowest BCUT2D eigenvalue weighted by Gasteiger charge is -2.32. The summed E-state index contributed by atoms with van der Waals surface area (Å²) < 4.78 is 37.3. The first kappa shape index (κ1) is 16.3. The molecule has 1 aliphatic heterocycles. The standard InChI is InChI=1S/C14H16F3N3O2/c15-14(16,17)13(22)20-6-2-4-11(9-20)12(21)19-8-10-3-1-5-18-7-10/h1,3,5,7,11H,2,4,6,8-9H2,(H,19,21). The molecule has 5 nitrogen and oxygen atoms in total. The number of carbonyl (C=O) groups excluding carboxylic acids is 2. The molecule has 8 heteroatoms. The molecule has 0 aliphatic carbocycles. The van der Waals surface area contributed by atoms with E-state index in [1.54, 1.807) is 24.5 Å². The van der Waals surface area contributed by atoms with Crippen molar-refractivity contribution in [2.24, 2.45) is 5.92 Å². The van der Waals surface area contributed by atoms with Gasteiger partial charge in [-0.1, -0.05) is 6.07 Å². The molecule has 0 radical (unpaired) electrons. The van der Waals surface area contributed by atoms with Crippen LogP contribution in [0.25, 0.3) is 0 Å². The second-order valence-corrected chi connectivity index (χ2v) is 5.17. The molecule has 1 atom stereocenters. The zero-order chi connectivity index (χ0) is 16.2. The SMILES string of the molecule is O=C(NCc1cccnc1)C1CCCN(C(=O)C(F)(F)F)C1. The lowest BCUT2D eigenvalue weighted by atomic mass is 9.97. The molecule has 0 bridgehead atoms. The highest BCUT2D eigenvalue weighted by Crippen LogP contribution is 2.23. The summed E-state index contributed by atoms with van der Waals surface area (Å²) in [6.07, 6.45) is -0.838. The van der Waals surface area contributed by atoms with Crippen molar-refractivity contribution in [1.29, 1.82) is 0 Å². The molecule has 120 valence electrons. The predicted octanol–water partition coefficient (Wildman–Crippen LogP) is 1.50. The average Bonchev–Trinajstić information content (AvgIpc) is 2.52. The van der Waals surface area contributed by atoms with Crippen molar-refractivity contribution in [2.75, 3.05) is 13.1 Å². The smallest absolute Gasteiger partial charge is 0.352 e. The first-order chi connectivity index (χ1) is 10.4. The van der Waals surface area contributed by atoms with Crippen LogP contribution in [0, 0.1) is 5.92 Å². The van der Waals surface area contributed by atoms with E-state index in [-0.39, 0.29) is 25.5 Å². The molecule has 1 N–H and O–H groups in total. The molecule has 1 saturated heterocycles. The number of hydrogen-bond acceptors (Lipinski definition) is 3. The molecular formula is C14H16F3N3O2. The number of carbonyl (C=O) groups is 2. The van der Waals surface area contributed by atoms with Gasteiger partial charge in [-0.05, 0) is 24.5 Å². The number of aromatic nitrogens is 1. The number of halogens is 3. The number of hydrogen-bond donors (Lipinski definition) is 1. The molecule has 0 aromatic carbocycles. The number of piperidine rings is 1. The normalized spacial score (nSPS) is 18.9. The number of alkyl halides is 3. The summed E-state index contributed by atoms with van der Waals surface area (Å²) in [4.78, 5) is 27.9. The quantitative estimate of drug-likeness (QED) is 0.919. The summed E-state index contributed by atoms with van der Waals surface area (Å²) in [6.45, 7) is 0.0956. The highest BCUT2D eigenvalue weighted by molar-refractivity contribution is 5.84. The minimum atomic E-state index is -4.89. The monoisotopic (exact) mass is 315 g/mol. The molecule has 1 aromatic rings. The molecule has 2 heterocycles. The summed E-state index contributed by atoms with van der Waals surface area (Å²) >= 11 is 0. The lowest BCUT2D eigenvalue weighted by molar-refractivity contribution is -0.187. The summed E-state index contributed by atoms with van der Waals surface area (Å²) in [5.41, 5.74) is 0.801. The van der Waals surface area contributed by atoms with Gasteiger partial charge in [-0.2, -0.15) is 13.2 Å². The minimum Gasteiger partial charge on any atom is -0.352 e. The number of rotatable bonds is 3. The third-order valence-corrected chi connectivity index (χ3v) is 3.51. The van der Waals surface area contributed by atoms with E-state index in [0.29, 0.717) is 17.7 Å². The largest absolute Gasteiger partial charge is 0.471 e. The third-order valence-electron chi connectivity index (χ3n) is 3.51. The fraction of sp³-hybridized carbons (Fsp3) is 0.500. The summed E-state index contributed by atoms with van der Waals surface area (Å²) in [5, 5.41) is 2.67. The highest BCUT2D eigenvalue weighted by Gasteiger charge is 2.44. The van der Waals surface area contributed by atoms with Gasteiger partial charge in [-0.15, -0.1) is 0 Å². The van der Waals surface area contributed by atoms with Gasteiger partial charge in [0.25, 0.3) is 0 Å². The first-order valence-electron chi connectivity index (χ1n) is 6.90. The van der Waals surface area contributed by atoms with Crippen molar-refractivity contribution in [2.45, 2.75) is 25.6 Å². The summed E-state index contributed by atoms with van der Waals surface area (Å²) in [7, 11) is 0. The maximum absolute atomic E-state index is 12.4. The Morgan fingerprint density at radius 3 is 2.82 bits per heavy atom. The van der Waals surface area contributed by atoms with Gasteiger partial charge >= 0.3 is 12.1 Å². The Hall–Kier alpha value is -2.12. The summed E-state index contributed by atoms with van der Waals surface area (Å²) in [6, 6.07) is 3.51. The van der Waals surface area contributed by atoms with Gasteiger partial charge in [-0.25, -0.2) is 0 Å². The predicted molar refractivity (Wildman–Crippen MR) is 71.4 cm³/mol. The van der Waals surface area contributed by atoms with E-state index in [2.05, 4.69) is 10.3 Å². The van der Waals surface area contributed by atoms with Gasteiger partial charge in [0.05, 0.1) is 5.92 Å². The van der Waals surface area contributed by atoms with E-state index in [4.69, 9.17) is 0 Å². The number of pyridine rings is 1. The van der Waals surface area contributed by atoms with Crippen LogP contribution in [0.1, 0.15) is 18.4 Å². The Bertz CT molecular complexity index is 534. The Kier molecular flexibility index (Phi) is 4.99. The van der Waals surface area contributed by atoms with Gasteiger partial charge in [0.15, 0.2) is 0 Å². The summed E-state index contributed by atoms with van der Waals surface area (Å²) in [5.74, 6) is -2.84. The Labute approximate surface area is 125 Å². The van der Waals surface area contributed by atoms with Crippen molar-refractivity contribution in [1.82, 2.24) is 15.2 Å². The van der Waals surface area contributed by atoms with Gasteiger partial charge in [0.1, 0.15) is 0 Å². The van der Waals surface area contributed by atoms with Crippen molar-refractivity contribution in [3.63, 3.8) is 0 Å². The van der Waals surface area contributed by atoms with Gasteiger partial charge in [0, 0.05) is 32.0 Å². The first-order valence-corrected chi connectivity index (χ1v) is 6.90. The molecule has 2 amide bonds. The highest BCUT2D eigenvalue weighted by atomic mass is 19.4. The van der Waals surface area contributed by atoms with Crippen molar-refractivity contribution in [3.05, 3.63) is 30.1 Å². The van der Waals surface area contributed by atoms with Gasteiger partial charge < -0.3 is 10.2 Å². The van der Waals surface area contributed by atoms with Crippen LogP contribution in [-0.2, 0) is 16.1 Å². The van der Waals surface area contributed by atoms with Gasteiger partial charge in [0.2, 0.25) is 5.91 Å². The van der Waals surface area contributed by atoms with Crippen LogP contribution >= 0.6 is 0 Å². The Morgan fingerprint density at radius 1 is 1.41 bits per heavy atom. The molecule has 0 spiro atoms.